The first-order valence-corrected chi connectivity index (χ1v) is 4.28. The Kier molecular flexibility index (Phi) is 3.49. The lowest BCUT2D eigenvalue weighted by molar-refractivity contribution is -0.149. The number of esters is 1. The predicted octanol–water partition coefficient (Wildman–Crippen LogP) is -0.0867. The van der Waals surface area contributed by atoms with Crippen molar-refractivity contribution in [1.29, 1.82) is 0 Å². The molecular formula is C8H15NO3. The fourth-order valence-corrected chi connectivity index (χ4v) is 1.40. The molecule has 1 rings (SSSR count). The van der Waals surface area contributed by atoms with E-state index in [1.165, 1.54) is 0 Å². The van der Waals surface area contributed by atoms with E-state index < -0.39 is 0 Å². The van der Waals surface area contributed by atoms with Gasteiger partial charge in [0, 0.05) is 13.2 Å². The van der Waals surface area contributed by atoms with E-state index in [0.29, 0.717) is 19.8 Å². The molecule has 0 aromatic rings. The second-order valence-electron chi connectivity index (χ2n) is 2.79. The molecule has 1 saturated heterocycles. The molecule has 1 heterocycles. The Balaban J connectivity index is 2.43. The highest BCUT2D eigenvalue weighted by molar-refractivity contribution is 5.73. The quantitative estimate of drug-likeness (QED) is 0.606. The molecule has 1 fully saturated rings. The summed E-state index contributed by atoms with van der Waals surface area (Å²) in [5.74, 6) is -0.319. The lowest BCUT2D eigenvalue weighted by Gasteiger charge is -2.14. The van der Waals surface area contributed by atoms with Crippen LogP contribution < -0.4 is 5.73 Å². The highest BCUT2D eigenvalue weighted by atomic mass is 16.5. The highest BCUT2D eigenvalue weighted by Crippen LogP contribution is 2.21. The molecule has 0 amide bonds. The van der Waals surface area contributed by atoms with Gasteiger partial charge < -0.3 is 15.2 Å². The molecule has 4 heteroatoms. The van der Waals surface area contributed by atoms with Crippen molar-refractivity contribution in [2.24, 2.45) is 11.7 Å². The van der Waals surface area contributed by atoms with E-state index in [1.807, 2.05) is 0 Å². The van der Waals surface area contributed by atoms with Gasteiger partial charge in [-0.2, -0.15) is 0 Å². The van der Waals surface area contributed by atoms with Gasteiger partial charge in [-0.3, -0.25) is 4.79 Å². The lowest BCUT2D eigenvalue weighted by atomic mass is 10.0. The van der Waals surface area contributed by atoms with E-state index in [9.17, 15) is 4.79 Å². The van der Waals surface area contributed by atoms with Crippen LogP contribution >= 0.6 is 0 Å². The summed E-state index contributed by atoms with van der Waals surface area (Å²) in [4.78, 5) is 11.3. The van der Waals surface area contributed by atoms with Crippen molar-refractivity contribution < 1.29 is 14.3 Å². The van der Waals surface area contributed by atoms with Crippen LogP contribution in [-0.2, 0) is 14.3 Å². The van der Waals surface area contributed by atoms with Crippen LogP contribution in [0, 0.1) is 5.92 Å². The number of rotatable bonds is 3. The summed E-state index contributed by atoms with van der Waals surface area (Å²) in [6.45, 7) is 3.23. The summed E-state index contributed by atoms with van der Waals surface area (Å²) in [5, 5.41) is 0. The van der Waals surface area contributed by atoms with Crippen molar-refractivity contribution in [3.05, 3.63) is 0 Å². The summed E-state index contributed by atoms with van der Waals surface area (Å²) in [5.41, 5.74) is 5.43. The molecule has 2 unspecified atom stereocenters. The first-order chi connectivity index (χ1) is 5.79. The molecule has 0 spiro atoms. The van der Waals surface area contributed by atoms with E-state index in [4.69, 9.17) is 15.2 Å². The van der Waals surface area contributed by atoms with Gasteiger partial charge in [0.1, 0.15) is 0 Å². The third-order valence-corrected chi connectivity index (χ3v) is 2.03. The van der Waals surface area contributed by atoms with Crippen molar-refractivity contribution in [3.8, 4) is 0 Å². The summed E-state index contributed by atoms with van der Waals surface area (Å²) in [7, 11) is 0. The molecule has 70 valence electrons. The van der Waals surface area contributed by atoms with Crippen LogP contribution in [0.3, 0.4) is 0 Å². The van der Waals surface area contributed by atoms with Crippen molar-refractivity contribution in [1.82, 2.24) is 0 Å². The fourth-order valence-electron chi connectivity index (χ4n) is 1.40. The Labute approximate surface area is 72.0 Å². The molecule has 0 saturated carbocycles. The van der Waals surface area contributed by atoms with Crippen LogP contribution in [0.2, 0.25) is 0 Å². The van der Waals surface area contributed by atoms with Crippen LogP contribution in [0.5, 0.6) is 0 Å². The minimum Gasteiger partial charge on any atom is -0.466 e. The minimum absolute atomic E-state index is 0.135. The van der Waals surface area contributed by atoms with Gasteiger partial charge in [-0.1, -0.05) is 0 Å². The number of hydrogen-bond donors (Lipinski definition) is 1. The second kappa shape index (κ2) is 4.42. The molecule has 0 aromatic carbocycles. The zero-order chi connectivity index (χ0) is 8.97. The van der Waals surface area contributed by atoms with Crippen LogP contribution in [0.15, 0.2) is 0 Å². The van der Waals surface area contributed by atoms with Gasteiger partial charge in [-0.25, -0.2) is 0 Å². The van der Waals surface area contributed by atoms with E-state index in [-0.39, 0.29) is 18.0 Å². The van der Waals surface area contributed by atoms with Gasteiger partial charge >= 0.3 is 5.97 Å². The molecule has 0 bridgehead atoms. The minimum atomic E-state index is -0.176. The Hall–Kier alpha value is -0.610. The number of hydrogen-bond acceptors (Lipinski definition) is 4. The van der Waals surface area contributed by atoms with Crippen LogP contribution in [0.25, 0.3) is 0 Å². The van der Waals surface area contributed by atoms with Crippen molar-refractivity contribution in [2.75, 3.05) is 19.8 Å². The number of ether oxygens (including phenoxy) is 2. The molecule has 1 aliphatic heterocycles. The van der Waals surface area contributed by atoms with Crippen LogP contribution in [0.4, 0.5) is 0 Å². The molecule has 1 aliphatic rings. The molecule has 0 radical (unpaired) electrons. The predicted molar refractivity (Wildman–Crippen MR) is 43.5 cm³/mol. The molecule has 2 N–H and O–H groups in total. The average molecular weight is 173 g/mol. The maximum Gasteiger partial charge on any atom is 0.311 e. The number of carbonyl (C=O) groups excluding carboxylic acids is 1. The standard InChI is InChI=1S/C8H15NO3/c1-2-11-8(10)6-3-4-12-7(6)5-9/h6-7H,2-5,9H2,1H3. The first-order valence-electron chi connectivity index (χ1n) is 4.28. The maximum absolute atomic E-state index is 11.3. The zero-order valence-corrected chi connectivity index (χ0v) is 7.29. The SMILES string of the molecule is CCOC(=O)C1CCOC1CN. The lowest BCUT2D eigenvalue weighted by Crippen LogP contribution is -2.32. The molecule has 12 heavy (non-hydrogen) atoms. The van der Waals surface area contributed by atoms with Crippen molar-refractivity contribution in [3.63, 3.8) is 0 Å². The van der Waals surface area contributed by atoms with Gasteiger partial charge in [0.15, 0.2) is 0 Å². The van der Waals surface area contributed by atoms with Gasteiger partial charge in [0.05, 0.1) is 18.6 Å². The number of nitrogens with two attached hydrogens (primary N) is 1. The monoisotopic (exact) mass is 173 g/mol. The normalized spacial score (nSPS) is 28.8. The summed E-state index contributed by atoms with van der Waals surface area (Å²) < 4.78 is 10.1. The van der Waals surface area contributed by atoms with Crippen molar-refractivity contribution >= 4 is 5.97 Å². The largest absolute Gasteiger partial charge is 0.466 e. The van der Waals surface area contributed by atoms with Crippen LogP contribution in [-0.4, -0.2) is 31.8 Å². The molecule has 4 nitrogen and oxygen atoms in total. The van der Waals surface area contributed by atoms with E-state index >= 15 is 0 Å². The smallest absolute Gasteiger partial charge is 0.311 e. The highest BCUT2D eigenvalue weighted by Gasteiger charge is 2.33. The topological polar surface area (TPSA) is 61.5 Å². The fraction of sp³-hybridized carbons (Fsp3) is 0.875. The Morgan fingerprint density at radius 2 is 2.50 bits per heavy atom. The summed E-state index contributed by atoms with van der Waals surface area (Å²) >= 11 is 0. The molecule has 0 aliphatic carbocycles. The van der Waals surface area contributed by atoms with Crippen molar-refractivity contribution in [2.45, 2.75) is 19.4 Å². The third-order valence-electron chi connectivity index (χ3n) is 2.03. The average Bonchev–Trinajstić information content (AvgIpc) is 2.51. The molecular weight excluding hydrogens is 158 g/mol. The first kappa shape index (κ1) is 9.48. The van der Waals surface area contributed by atoms with Gasteiger partial charge in [-0.05, 0) is 13.3 Å². The molecule has 0 aromatic heterocycles. The Morgan fingerprint density at radius 3 is 3.08 bits per heavy atom. The number of carbonyl (C=O) groups is 1. The Bertz CT molecular complexity index is 160. The third kappa shape index (κ3) is 1.95. The maximum atomic E-state index is 11.3. The van der Waals surface area contributed by atoms with Gasteiger partial charge in [-0.15, -0.1) is 0 Å². The summed E-state index contributed by atoms with van der Waals surface area (Å²) in [6.07, 6.45) is 0.602. The van der Waals surface area contributed by atoms with E-state index in [1.54, 1.807) is 6.92 Å². The van der Waals surface area contributed by atoms with Gasteiger partial charge in [0.25, 0.3) is 0 Å². The summed E-state index contributed by atoms with van der Waals surface area (Å²) in [6, 6.07) is 0. The zero-order valence-electron chi connectivity index (χ0n) is 7.29. The van der Waals surface area contributed by atoms with E-state index in [0.717, 1.165) is 6.42 Å². The molecule has 2 atom stereocenters. The van der Waals surface area contributed by atoms with Crippen LogP contribution in [0.1, 0.15) is 13.3 Å². The van der Waals surface area contributed by atoms with Gasteiger partial charge in [0.2, 0.25) is 0 Å². The second-order valence-corrected chi connectivity index (χ2v) is 2.79. The Morgan fingerprint density at radius 1 is 1.75 bits per heavy atom. The van der Waals surface area contributed by atoms with E-state index in [2.05, 4.69) is 0 Å².